The maximum atomic E-state index is 12.6. The summed E-state index contributed by atoms with van der Waals surface area (Å²) in [6, 6.07) is 0. The molecule has 0 aromatic heterocycles. The average molecular weight is 420 g/mol. The van der Waals surface area contributed by atoms with Gasteiger partial charge in [-0.1, -0.05) is 6.08 Å². The van der Waals surface area contributed by atoms with Crippen molar-refractivity contribution in [2.75, 3.05) is 6.61 Å². The van der Waals surface area contributed by atoms with E-state index in [2.05, 4.69) is 0 Å². The van der Waals surface area contributed by atoms with Gasteiger partial charge in [0, 0.05) is 24.5 Å². The lowest BCUT2D eigenvalue weighted by Crippen LogP contribution is -2.44. The third-order valence-electron chi connectivity index (χ3n) is 5.83. The van der Waals surface area contributed by atoms with Gasteiger partial charge in [0.2, 0.25) is 0 Å². The van der Waals surface area contributed by atoms with E-state index in [-0.39, 0.29) is 24.4 Å². The van der Waals surface area contributed by atoms with Crippen molar-refractivity contribution in [2.45, 2.75) is 77.3 Å². The molecule has 0 amide bonds. The fraction of sp³-hybridized carbons (Fsp3) is 0.591. The first-order chi connectivity index (χ1) is 14.0. The molecule has 3 aliphatic rings. The van der Waals surface area contributed by atoms with Crippen molar-refractivity contribution in [1.82, 2.24) is 0 Å². The highest BCUT2D eigenvalue weighted by molar-refractivity contribution is 5.96. The molecule has 0 aromatic rings. The third kappa shape index (κ3) is 4.34. The molecule has 0 aliphatic carbocycles. The van der Waals surface area contributed by atoms with Gasteiger partial charge in [-0.3, -0.25) is 4.79 Å². The summed E-state index contributed by atoms with van der Waals surface area (Å²) in [6.45, 7) is 7.71. The molecular formula is C22H28O8. The molecule has 8 nitrogen and oxygen atoms in total. The predicted molar refractivity (Wildman–Crippen MR) is 105 cm³/mol. The van der Waals surface area contributed by atoms with E-state index in [1.807, 2.05) is 6.92 Å². The highest BCUT2D eigenvalue weighted by Gasteiger charge is 2.50. The second kappa shape index (κ2) is 8.00. The van der Waals surface area contributed by atoms with Crippen LogP contribution in [0.4, 0.5) is 0 Å². The Labute approximate surface area is 175 Å². The Hall–Kier alpha value is -2.45. The number of aliphatic hydroxyl groups is 1. The van der Waals surface area contributed by atoms with Crippen LogP contribution in [0.15, 0.2) is 34.6 Å². The molecule has 3 aliphatic heterocycles. The predicted octanol–water partition coefficient (Wildman–Crippen LogP) is 2.26. The maximum Gasteiger partial charge on any atom is 0.343 e. The fourth-order valence-electron chi connectivity index (χ4n) is 3.98. The molecule has 3 rings (SSSR count). The summed E-state index contributed by atoms with van der Waals surface area (Å²) in [5.74, 6) is -1.61. The van der Waals surface area contributed by atoms with E-state index in [1.54, 1.807) is 32.9 Å². The van der Waals surface area contributed by atoms with Gasteiger partial charge in [0.1, 0.15) is 18.5 Å². The molecule has 3 heterocycles. The molecule has 0 unspecified atom stereocenters. The summed E-state index contributed by atoms with van der Waals surface area (Å²) >= 11 is 0. The van der Waals surface area contributed by atoms with Gasteiger partial charge < -0.3 is 24.1 Å². The standard InChI is InChI=1S/C22H28O8/c1-6-12(2)19(24)28-16-10-22(5,26)17-7-8-21(4,30-17)9-15-18(16)14(20(25)29-15)11-27-13(3)23/h6,9,16-17,26H,7-8,10-11H2,1-5H3/b12-6-,15-9+/t16-,17-,21-,22+/m0/s1. The summed E-state index contributed by atoms with van der Waals surface area (Å²) in [5, 5.41) is 11.2. The highest BCUT2D eigenvalue weighted by atomic mass is 16.6. The van der Waals surface area contributed by atoms with Crippen LogP contribution in [0.1, 0.15) is 53.9 Å². The Kier molecular flexibility index (Phi) is 5.93. The zero-order valence-electron chi connectivity index (χ0n) is 17.9. The Morgan fingerprint density at radius 2 is 2.03 bits per heavy atom. The molecule has 4 atom stereocenters. The normalized spacial score (nSPS) is 35.5. The Bertz CT molecular complexity index is 862. The zero-order valence-corrected chi connectivity index (χ0v) is 17.9. The Morgan fingerprint density at radius 1 is 1.33 bits per heavy atom. The van der Waals surface area contributed by atoms with Crippen LogP contribution >= 0.6 is 0 Å². The van der Waals surface area contributed by atoms with Crippen molar-refractivity contribution in [2.24, 2.45) is 0 Å². The van der Waals surface area contributed by atoms with Gasteiger partial charge in [0.15, 0.2) is 0 Å². The summed E-state index contributed by atoms with van der Waals surface area (Å²) in [4.78, 5) is 36.5. The van der Waals surface area contributed by atoms with Crippen molar-refractivity contribution in [1.29, 1.82) is 0 Å². The molecule has 0 spiro atoms. The van der Waals surface area contributed by atoms with Gasteiger partial charge in [0.25, 0.3) is 0 Å². The first-order valence-corrected chi connectivity index (χ1v) is 10.0. The highest BCUT2D eigenvalue weighted by Crippen LogP contribution is 2.45. The van der Waals surface area contributed by atoms with Crippen LogP contribution in [0.5, 0.6) is 0 Å². The SMILES string of the molecule is C/C=C(/C)C(=O)O[C@H]1C[C@@](C)(O)[C@@H]2CC[C@@](C)(/C=C3/OC(=O)C(COC(C)=O)=C31)O2. The molecule has 1 N–H and O–H groups in total. The lowest BCUT2D eigenvalue weighted by molar-refractivity contribution is -0.151. The van der Waals surface area contributed by atoms with Crippen LogP contribution in [-0.4, -0.2) is 53.0 Å². The van der Waals surface area contributed by atoms with Gasteiger partial charge in [-0.25, -0.2) is 9.59 Å². The molecule has 30 heavy (non-hydrogen) atoms. The number of hydrogen-bond donors (Lipinski definition) is 1. The molecule has 1 fully saturated rings. The van der Waals surface area contributed by atoms with E-state index in [1.165, 1.54) is 6.92 Å². The van der Waals surface area contributed by atoms with Gasteiger partial charge in [0.05, 0.1) is 22.9 Å². The summed E-state index contributed by atoms with van der Waals surface area (Å²) in [5.41, 5.74) is -1.32. The van der Waals surface area contributed by atoms with Crippen LogP contribution in [0.2, 0.25) is 0 Å². The van der Waals surface area contributed by atoms with Crippen molar-refractivity contribution < 1.29 is 38.4 Å². The van der Waals surface area contributed by atoms with Crippen molar-refractivity contribution in [3.05, 3.63) is 34.6 Å². The molecular weight excluding hydrogens is 392 g/mol. The Balaban J connectivity index is 2.13. The molecule has 0 saturated carbocycles. The van der Waals surface area contributed by atoms with Crippen LogP contribution in [0, 0.1) is 0 Å². The first-order valence-electron chi connectivity index (χ1n) is 10.0. The van der Waals surface area contributed by atoms with Crippen LogP contribution in [-0.2, 0) is 33.3 Å². The smallest absolute Gasteiger partial charge is 0.343 e. The van der Waals surface area contributed by atoms with E-state index in [9.17, 15) is 19.5 Å². The maximum absolute atomic E-state index is 12.6. The molecule has 0 aromatic carbocycles. The largest absolute Gasteiger partial charge is 0.461 e. The Morgan fingerprint density at radius 3 is 2.67 bits per heavy atom. The van der Waals surface area contributed by atoms with Crippen LogP contribution in [0.25, 0.3) is 0 Å². The number of ether oxygens (including phenoxy) is 4. The molecule has 1 saturated heterocycles. The van der Waals surface area contributed by atoms with E-state index in [4.69, 9.17) is 18.9 Å². The van der Waals surface area contributed by atoms with Gasteiger partial charge >= 0.3 is 17.9 Å². The minimum Gasteiger partial charge on any atom is -0.461 e. The van der Waals surface area contributed by atoms with Crippen LogP contribution < -0.4 is 0 Å². The number of allylic oxidation sites excluding steroid dienone is 1. The van der Waals surface area contributed by atoms with Crippen molar-refractivity contribution >= 4 is 17.9 Å². The van der Waals surface area contributed by atoms with E-state index in [0.717, 1.165) is 0 Å². The number of hydrogen-bond acceptors (Lipinski definition) is 8. The lowest BCUT2D eigenvalue weighted by atomic mass is 9.84. The van der Waals surface area contributed by atoms with Gasteiger partial charge in [-0.15, -0.1) is 0 Å². The lowest BCUT2D eigenvalue weighted by Gasteiger charge is -2.33. The molecule has 2 bridgehead atoms. The topological polar surface area (TPSA) is 108 Å². The molecule has 0 radical (unpaired) electrons. The first kappa shape index (κ1) is 22.2. The number of carbonyl (C=O) groups is 3. The van der Waals surface area contributed by atoms with Crippen molar-refractivity contribution in [3.63, 3.8) is 0 Å². The summed E-state index contributed by atoms with van der Waals surface area (Å²) < 4.78 is 22.3. The monoisotopic (exact) mass is 420 g/mol. The van der Waals surface area contributed by atoms with E-state index in [0.29, 0.717) is 24.0 Å². The second-order valence-electron chi connectivity index (χ2n) is 8.46. The minimum atomic E-state index is -1.33. The number of carbonyl (C=O) groups excluding carboxylic acids is 3. The second-order valence-corrected chi connectivity index (χ2v) is 8.46. The van der Waals surface area contributed by atoms with Gasteiger partial charge in [-0.05, 0) is 46.6 Å². The van der Waals surface area contributed by atoms with Gasteiger partial charge in [-0.2, -0.15) is 0 Å². The summed E-state index contributed by atoms with van der Waals surface area (Å²) in [7, 11) is 0. The number of esters is 3. The van der Waals surface area contributed by atoms with Crippen LogP contribution in [0.3, 0.4) is 0 Å². The zero-order chi connectivity index (χ0) is 22.3. The van der Waals surface area contributed by atoms with E-state index < -0.39 is 41.3 Å². The minimum absolute atomic E-state index is 0.0105. The third-order valence-corrected chi connectivity index (χ3v) is 5.83. The number of rotatable bonds is 4. The molecule has 8 heteroatoms. The molecule has 164 valence electrons. The van der Waals surface area contributed by atoms with Crippen molar-refractivity contribution in [3.8, 4) is 0 Å². The summed E-state index contributed by atoms with van der Waals surface area (Å²) in [6.07, 6.45) is 3.06. The average Bonchev–Trinajstić information content (AvgIpc) is 3.18. The number of fused-ring (bicyclic) bond motifs is 3. The fourth-order valence-corrected chi connectivity index (χ4v) is 3.98. The quantitative estimate of drug-likeness (QED) is 0.419. The van der Waals surface area contributed by atoms with E-state index >= 15 is 0 Å².